The molecule has 0 bridgehead atoms. The van der Waals surface area contributed by atoms with E-state index in [1.807, 2.05) is 0 Å². The summed E-state index contributed by atoms with van der Waals surface area (Å²) in [6.45, 7) is 0. The summed E-state index contributed by atoms with van der Waals surface area (Å²) in [6.07, 6.45) is -0.176. The molecule has 140 valence electrons. The van der Waals surface area contributed by atoms with Crippen molar-refractivity contribution in [3.8, 4) is 0 Å². The number of hydrogen-bond donors (Lipinski definition) is 1. The molecule has 0 spiro atoms. The van der Waals surface area contributed by atoms with Gasteiger partial charge >= 0.3 is 12.0 Å². The van der Waals surface area contributed by atoms with Gasteiger partial charge < -0.3 is 10.1 Å². The van der Waals surface area contributed by atoms with Crippen LogP contribution in [-0.2, 0) is 0 Å². The zero-order chi connectivity index (χ0) is 18.2. The summed E-state index contributed by atoms with van der Waals surface area (Å²) in [6, 6.07) is 0. The van der Waals surface area contributed by atoms with Gasteiger partial charge in [0.1, 0.15) is 5.69 Å². The zero-order valence-corrected chi connectivity index (χ0v) is 14.4. The van der Waals surface area contributed by atoms with Crippen molar-refractivity contribution in [2.24, 2.45) is 5.92 Å². The van der Waals surface area contributed by atoms with Gasteiger partial charge in [-0.15, -0.1) is 11.6 Å². The molecule has 0 radical (unpaired) electrons. The van der Waals surface area contributed by atoms with Crippen LogP contribution in [0.1, 0.15) is 74.7 Å². The molecule has 2 aliphatic rings. The number of aromatic nitrogens is 2. The molecule has 1 aromatic heterocycles. The maximum absolute atomic E-state index is 13.0. The minimum Gasteiger partial charge on any atom is -0.358 e. The van der Waals surface area contributed by atoms with Crippen molar-refractivity contribution in [3.63, 3.8) is 0 Å². The van der Waals surface area contributed by atoms with Crippen LogP contribution >= 0.6 is 11.6 Å². The smallest absolute Gasteiger partial charge is 0.358 e. The Balaban J connectivity index is 1.83. The maximum Gasteiger partial charge on any atom is 0.391 e. The third-order valence-electron chi connectivity index (χ3n) is 5.48. The van der Waals surface area contributed by atoms with Gasteiger partial charge in [-0.05, 0) is 49.9 Å². The van der Waals surface area contributed by atoms with E-state index in [4.69, 9.17) is 11.6 Å². The number of imidazole rings is 1. The van der Waals surface area contributed by atoms with Gasteiger partial charge in [0.25, 0.3) is 0 Å². The largest absolute Gasteiger partial charge is 0.391 e. The highest BCUT2D eigenvalue weighted by atomic mass is 35.5. The minimum atomic E-state index is -4.26. The molecule has 0 aromatic carbocycles. The van der Waals surface area contributed by atoms with Crippen molar-refractivity contribution in [2.75, 3.05) is 0 Å². The predicted octanol–water partition coefficient (Wildman–Crippen LogP) is 5.42. The highest BCUT2D eigenvalue weighted by Gasteiger charge is 2.44. The molecule has 25 heavy (non-hydrogen) atoms. The molecule has 2 atom stereocenters. The third kappa shape index (κ3) is 4.10. The van der Waals surface area contributed by atoms with Gasteiger partial charge in [0, 0.05) is 17.2 Å². The SMILES string of the molecule is O=[N+]([O-])c1[nH]c(C2CCC(Cl)CC2)nc1C1CCCC(C(F)(F)F)C1. The number of aromatic amines is 1. The number of alkyl halides is 4. The average molecular weight is 380 g/mol. The lowest BCUT2D eigenvalue weighted by molar-refractivity contribution is -0.390. The normalized spacial score (nSPS) is 31.0. The Hall–Kier alpha value is -1.31. The van der Waals surface area contributed by atoms with E-state index in [-0.39, 0.29) is 35.6 Å². The first-order chi connectivity index (χ1) is 11.8. The molecule has 1 aromatic rings. The number of nitrogens with zero attached hydrogens (tertiary/aromatic N) is 2. The summed E-state index contributed by atoms with van der Waals surface area (Å²) < 4.78 is 39.1. The molecule has 3 rings (SSSR count). The first kappa shape index (κ1) is 18.5. The highest BCUT2D eigenvalue weighted by molar-refractivity contribution is 6.20. The molecule has 5 nitrogen and oxygen atoms in total. The topological polar surface area (TPSA) is 71.8 Å². The fourth-order valence-corrected chi connectivity index (χ4v) is 4.33. The first-order valence-electron chi connectivity index (χ1n) is 8.70. The number of rotatable bonds is 3. The minimum absolute atomic E-state index is 0.0597. The van der Waals surface area contributed by atoms with Crippen LogP contribution in [0.3, 0.4) is 0 Å². The molecule has 1 heterocycles. The maximum atomic E-state index is 13.0. The Bertz CT molecular complexity index is 627. The van der Waals surface area contributed by atoms with Crippen LogP contribution in [0.25, 0.3) is 0 Å². The van der Waals surface area contributed by atoms with Gasteiger partial charge in [-0.25, -0.2) is 9.97 Å². The highest BCUT2D eigenvalue weighted by Crippen LogP contribution is 2.45. The molecule has 0 saturated heterocycles. The number of hydrogen-bond acceptors (Lipinski definition) is 3. The summed E-state index contributed by atoms with van der Waals surface area (Å²) in [4.78, 5) is 18.0. The Morgan fingerprint density at radius 2 is 1.80 bits per heavy atom. The molecule has 2 fully saturated rings. The van der Waals surface area contributed by atoms with Gasteiger partial charge in [0.2, 0.25) is 0 Å². The summed E-state index contributed by atoms with van der Waals surface area (Å²) in [5, 5.41) is 11.5. The first-order valence-corrected chi connectivity index (χ1v) is 9.14. The predicted molar refractivity (Wildman–Crippen MR) is 86.8 cm³/mol. The summed E-state index contributed by atoms with van der Waals surface area (Å²) in [7, 11) is 0. The molecule has 2 saturated carbocycles. The Kier molecular flexibility index (Phi) is 5.27. The molecular weight excluding hydrogens is 359 g/mol. The quantitative estimate of drug-likeness (QED) is 0.433. The van der Waals surface area contributed by atoms with E-state index in [0.717, 1.165) is 25.7 Å². The molecule has 1 N–H and O–H groups in total. The standard InChI is InChI=1S/C16H21ClF3N3O2/c17-12-6-4-9(5-7-12)14-21-13(15(22-14)23(24)25)10-2-1-3-11(8-10)16(18,19)20/h9-12H,1-8H2,(H,21,22). The lowest BCUT2D eigenvalue weighted by Gasteiger charge is -2.29. The molecule has 9 heteroatoms. The van der Waals surface area contributed by atoms with Crippen LogP contribution in [0, 0.1) is 16.0 Å². The van der Waals surface area contributed by atoms with E-state index in [1.54, 1.807) is 0 Å². The van der Waals surface area contributed by atoms with Gasteiger partial charge in [-0.1, -0.05) is 6.42 Å². The molecular formula is C16H21ClF3N3O2. The molecule has 2 unspecified atom stereocenters. The second kappa shape index (κ2) is 7.13. The summed E-state index contributed by atoms with van der Waals surface area (Å²) in [5.41, 5.74) is 0.196. The van der Waals surface area contributed by atoms with E-state index in [1.165, 1.54) is 0 Å². The van der Waals surface area contributed by atoms with Gasteiger partial charge in [-0.3, -0.25) is 0 Å². The van der Waals surface area contributed by atoms with Crippen molar-refractivity contribution in [1.82, 2.24) is 9.97 Å². The molecule has 2 aliphatic carbocycles. The number of nitrogens with one attached hydrogen (secondary N) is 1. The lowest BCUT2D eigenvalue weighted by Crippen LogP contribution is -2.28. The Labute approximate surface area is 148 Å². The lowest BCUT2D eigenvalue weighted by atomic mass is 9.79. The van der Waals surface area contributed by atoms with Crippen molar-refractivity contribution >= 4 is 17.4 Å². The van der Waals surface area contributed by atoms with E-state index in [9.17, 15) is 23.3 Å². The van der Waals surface area contributed by atoms with Crippen LogP contribution in [0.5, 0.6) is 0 Å². The second-order valence-corrected chi connectivity index (χ2v) is 7.78. The van der Waals surface area contributed by atoms with Crippen molar-refractivity contribution in [3.05, 3.63) is 21.6 Å². The van der Waals surface area contributed by atoms with E-state index in [0.29, 0.717) is 18.7 Å². The van der Waals surface area contributed by atoms with E-state index in [2.05, 4.69) is 9.97 Å². The van der Waals surface area contributed by atoms with Crippen LogP contribution in [0.15, 0.2) is 0 Å². The monoisotopic (exact) mass is 379 g/mol. The zero-order valence-electron chi connectivity index (χ0n) is 13.7. The average Bonchev–Trinajstić information content (AvgIpc) is 3.00. The van der Waals surface area contributed by atoms with Crippen molar-refractivity contribution in [2.45, 2.75) is 74.8 Å². The van der Waals surface area contributed by atoms with Gasteiger partial charge in [-0.2, -0.15) is 13.2 Å². The third-order valence-corrected chi connectivity index (χ3v) is 5.92. The van der Waals surface area contributed by atoms with E-state index >= 15 is 0 Å². The van der Waals surface area contributed by atoms with Crippen LogP contribution in [-0.4, -0.2) is 26.4 Å². The Morgan fingerprint density at radius 3 is 2.40 bits per heavy atom. The number of halogens is 4. The fourth-order valence-electron chi connectivity index (χ4n) is 4.07. The fraction of sp³-hybridized carbons (Fsp3) is 0.812. The molecule has 0 amide bonds. The van der Waals surface area contributed by atoms with Gasteiger partial charge in [0.05, 0.1) is 5.92 Å². The van der Waals surface area contributed by atoms with Crippen molar-refractivity contribution < 1.29 is 18.1 Å². The number of nitro groups is 1. The molecule has 0 aliphatic heterocycles. The Morgan fingerprint density at radius 1 is 1.12 bits per heavy atom. The van der Waals surface area contributed by atoms with Crippen LogP contribution < -0.4 is 0 Å². The summed E-state index contributed by atoms with van der Waals surface area (Å²) in [5.74, 6) is -1.58. The van der Waals surface area contributed by atoms with E-state index < -0.39 is 22.9 Å². The van der Waals surface area contributed by atoms with Crippen LogP contribution in [0.4, 0.5) is 19.0 Å². The number of H-pyrrole nitrogens is 1. The second-order valence-electron chi connectivity index (χ2n) is 7.16. The van der Waals surface area contributed by atoms with Gasteiger partial charge in [0.15, 0.2) is 5.82 Å². The van der Waals surface area contributed by atoms with Crippen molar-refractivity contribution in [1.29, 1.82) is 0 Å². The van der Waals surface area contributed by atoms with Crippen LogP contribution in [0.2, 0.25) is 0 Å². The summed E-state index contributed by atoms with van der Waals surface area (Å²) >= 11 is 6.09.